The Balaban J connectivity index is 0.00000189. The molecule has 1 aromatic carbocycles. The van der Waals surface area contributed by atoms with E-state index in [1.807, 2.05) is 33.8 Å². The highest BCUT2D eigenvalue weighted by molar-refractivity contribution is 7.12. The third-order valence-electron chi connectivity index (χ3n) is 8.06. The van der Waals surface area contributed by atoms with E-state index >= 15 is 0 Å². The van der Waals surface area contributed by atoms with Crippen LogP contribution in [0, 0.1) is 27.7 Å². The monoisotopic (exact) mass is 569 g/mol. The number of fused-ring (bicyclic) bond motifs is 1. The Kier molecular flexibility index (Phi) is 9.64. The van der Waals surface area contributed by atoms with Gasteiger partial charge in [-0.25, -0.2) is 4.98 Å². The van der Waals surface area contributed by atoms with Crippen LogP contribution >= 0.6 is 11.3 Å². The summed E-state index contributed by atoms with van der Waals surface area (Å²) in [7, 11) is 0. The standard InChI is InChI=1S/C33H37N3O2S.C2H6/c1-19-12-15-28(22(4)27(19)14-13-20(2)33-23(5)34-24(6)39-33)32-30(25-10-8-7-9-11-25)31-29(16-26(18-37)35-31)36(32)17-21(3)38;1-2/h12-16,18,25,35H,2,7-11,17H2,1,3-6H3;1-2H3/b14-13-;. The molecular weight excluding hydrogens is 526 g/mol. The lowest BCUT2D eigenvalue weighted by molar-refractivity contribution is -0.117. The van der Waals surface area contributed by atoms with Crippen molar-refractivity contribution in [2.75, 3.05) is 0 Å². The zero-order valence-corrected chi connectivity index (χ0v) is 26.4. The van der Waals surface area contributed by atoms with Gasteiger partial charge in [0.15, 0.2) is 6.29 Å². The van der Waals surface area contributed by atoms with Gasteiger partial charge in [0, 0.05) is 11.1 Å². The average Bonchev–Trinajstić information content (AvgIpc) is 3.61. The maximum Gasteiger partial charge on any atom is 0.166 e. The highest BCUT2D eigenvalue weighted by atomic mass is 32.1. The van der Waals surface area contributed by atoms with Crippen LogP contribution in [0.3, 0.4) is 0 Å². The number of carbonyl (C=O) groups is 2. The molecular formula is C35H43N3O2S. The summed E-state index contributed by atoms with van der Waals surface area (Å²) in [5.41, 5.74) is 11.5. The lowest BCUT2D eigenvalue weighted by Gasteiger charge is -2.24. The van der Waals surface area contributed by atoms with E-state index in [0.717, 1.165) is 68.1 Å². The highest BCUT2D eigenvalue weighted by Gasteiger charge is 2.29. The molecule has 4 aromatic rings. The number of thiazole rings is 1. The molecule has 0 atom stereocenters. The Morgan fingerprint density at radius 2 is 1.85 bits per heavy atom. The maximum absolute atomic E-state index is 12.5. The van der Waals surface area contributed by atoms with Crippen molar-refractivity contribution in [3.63, 3.8) is 0 Å². The zero-order chi connectivity index (χ0) is 29.8. The minimum atomic E-state index is 0.0913. The largest absolute Gasteiger partial charge is 0.351 e. The van der Waals surface area contributed by atoms with Gasteiger partial charge in [0.1, 0.15) is 5.78 Å². The van der Waals surface area contributed by atoms with E-state index in [1.54, 1.807) is 18.3 Å². The molecule has 0 spiro atoms. The van der Waals surface area contributed by atoms with Gasteiger partial charge >= 0.3 is 0 Å². The highest BCUT2D eigenvalue weighted by Crippen LogP contribution is 2.45. The predicted molar refractivity (Wildman–Crippen MR) is 174 cm³/mol. The second-order valence-electron chi connectivity index (χ2n) is 11.0. The second-order valence-corrected chi connectivity index (χ2v) is 12.2. The molecule has 0 aliphatic heterocycles. The molecule has 41 heavy (non-hydrogen) atoms. The van der Waals surface area contributed by atoms with Crippen LogP contribution in [-0.4, -0.2) is 26.6 Å². The number of Topliss-reactive ketones (excluding diaryl/α,β-unsaturated/α-hetero) is 1. The number of H-pyrrole nitrogens is 1. The molecule has 3 heterocycles. The third-order valence-corrected chi connectivity index (χ3v) is 9.21. The molecule has 216 valence electrons. The molecule has 1 N–H and O–H groups in total. The minimum absolute atomic E-state index is 0.0913. The van der Waals surface area contributed by atoms with Crippen LogP contribution in [0.1, 0.15) is 107 Å². The number of ketones is 1. The van der Waals surface area contributed by atoms with E-state index in [9.17, 15) is 9.59 Å². The first-order valence-corrected chi connectivity index (χ1v) is 15.6. The molecule has 5 rings (SSSR count). The van der Waals surface area contributed by atoms with Crippen LogP contribution in [-0.2, 0) is 11.3 Å². The van der Waals surface area contributed by atoms with E-state index in [1.165, 1.54) is 36.0 Å². The van der Waals surface area contributed by atoms with Crippen molar-refractivity contribution in [1.82, 2.24) is 14.5 Å². The number of aromatic amines is 1. The fourth-order valence-corrected chi connectivity index (χ4v) is 7.13. The summed E-state index contributed by atoms with van der Waals surface area (Å²) in [6, 6.07) is 6.27. The molecule has 0 unspecified atom stereocenters. The average molecular weight is 570 g/mol. The van der Waals surface area contributed by atoms with E-state index in [-0.39, 0.29) is 12.3 Å². The van der Waals surface area contributed by atoms with Gasteiger partial charge in [-0.1, -0.05) is 64.0 Å². The smallest absolute Gasteiger partial charge is 0.166 e. The topological polar surface area (TPSA) is 67.8 Å². The van der Waals surface area contributed by atoms with Crippen LogP contribution in [0.25, 0.3) is 33.9 Å². The number of benzene rings is 1. The van der Waals surface area contributed by atoms with Gasteiger partial charge in [-0.2, -0.15) is 0 Å². The normalized spacial score (nSPS) is 13.9. The molecule has 5 nitrogen and oxygen atoms in total. The summed E-state index contributed by atoms with van der Waals surface area (Å²) < 4.78 is 2.14. The third kappa shape index (κ3) is 6.08. The van der Waals surface area contributed by atoms with Crippen molar-refractivity contribution in [2.45, 2.75) is 93.0 Å². The Labute approximate surface area is 248 Å². The first kappa shape index (κ1) is 30.4. The summed E-state index contributed by atoms with van der Waals surface area (Å²) in [5.74, 6) is 0.480. The van der Waals surface area contributed by atoms with Gasteiger partial charge < -0.3 is 9.55 Å². The summed E-state index contributed by atoms with van der Waals surface area (Å²) >= 11 is 1.67. The fourth-order valence-electron chi connectivity index (χ4n) is 6.26. The Bertz CT molecular complexity index is 1620. The van der Waals surface area contributed by atoms with Gasteiger partial charge in [-0.3, -0.25) is 9.59 Å². The number of hydrogen-bond donors (Lipinski definition) is 1. The maximum atomic E-state index is 12.5. The Morgan fingerprint density at radius 3 is 2.46 bits per heavy atom. The molecule has 0 radical (unpaired) electrons. The van der Waals surface area contributed by atoms with E-state index in [4.69, 9.17) is 0 Å². The van der Waals surface area contributed by atoms with Gasteiger partial charge in [0.2, 0.25) is 0 Å². The van der Waals surface area contributed by atoms with E-state index in [2.05, 4.69) is 59.2 Å². The second kappa shape index (κ2) is 13.0. The van der Waals surface area contributed by atoms with Crippen LogP contribution in [0.4, 0.5) is 0 Å². The summed E-state index contributed by atoms with van der Waals surface area (Å²) in [5, 5.41) is 1.04. The van der Waals surface area contributed by atoms with E-state index < -0.39 is 0 Å². The molecule has 6 heteroatoms. The fraction of sp³-hybridized carbons (Fsp3) is 0.400. The number of nitrogens with zero attached hydrogens (tertiary/aromatic N) is 2. The van der Waals surface area contributed by atoms with Crippen LogP contribution in [0.5, 0.6) is 0 Å². The number of aromatic nitrogens is 3. The zero-order valence-electron chi connectivity index (χ0n) is 25.6. The summed E-state index contributed by atoms with van der Waals surface area (Å²) in [6.45, 7) is 18.6. The van der Waals surface area contributed by atoms with Crippen molar-refractivity contribution in [3.8, 4) is 11.3 Å². The first-order valence-electron chi connectivity index (χ1n) is 14.8. The van der Waals surface area contributed by atoms with Crippen molar-refractivity contribution < 1.29 is 9.59 Å². The summed E-state index contributed by atoms with van der Waals surface area (Å²) in [6.07, 6.45) is 11.0. The number of hydrogen-bond acceptors (Lipinski definition) is 4. The van der Waals surface area contributed by atoms with Crippen molar-refractivity contribution in [2.24, 2.45) is 0 Å². The number of rotatable bonds is 8. The van der Waals surface area contributed by atoms with Crippen LogP contribution in [0.15, 0.2) is 30.9 Å². The number of carbonyl (C=O) groups excluding carboxylic acids is 2. The number of nitrogens with one attached hydrogen (secondary N) is 1. The lowest BCUT2D eigenvalue weighted by Crippen LogP contribution is -2.11. The first-order chi connectivity index (χ1) is 19.7. The van der Waals surface area contributed by atoms with Crippen LogP contribution in [0.2, 0.25) is 0 Å². The number of allylic oxidation sites excluding steroid dienone is 2. The Morgan fingerprint density at radius 1 is 1.15 bits per heavy atom. The van der Waals surface area contributed by atoms with Gasteiger partial charge in [0.05, 0.1) is 44.5 Å². The predicted octanol–water partition coefficient (Wildman–Crippen LogP) is 9.53. The van der Waals surface area contributed by atoms with Gasteiger partial charge in [0.25, 0.3) is 0 Å². The van der Waals surface area contributed by atoms with Crippen molar-refractivity contribution >= 4 is 46.1 Å². The van der Waals surface area contributed by atoms with Crippen molar-refractivity contribution in [1.29, 1.82) is 0 Å². The SMILES string of the molecule is C=C(/C=C\c1c(C)ccc(-c2c(C3CCCCC3)c3[nH]c(C=O)cc3n2CC(C)=O)c1C)c1sc(C)nc1C.CC. The molecule has 1 fully saturated rings. The molecule has 0 amide bonds. The number of aldehydes is 1. The molecule has 1 saturated carbocycles. The Hall–Kier alpha value is -3.51. The van der Waals surface area contributed by atoms with Gasteiger partial charge in [-0.15, -0.1) is 11.3 Å². The van der Waals surface area contributed by atoms with Gasteiger partial charge in [-0.05, 0) is 81.7 Å². The van der Waals surface area contributed by atoms with Crippen molar-refractivity contribution in [3.05, 3.63) is 74.4 Å². The summed E-state index contributed by atoms with van der Waals surface area (Å²) in [4.78, 5) is 33.3. The minimum Gasteiger partial charge on any atom is -0.351 e. The molecule has 1 aliphatic carbocycles. The molecule has 1 aliphatic rings. The number of aryl methyl sites for hydroxylation is 3. The van der Waals surface area contributed by atoms with Crippen LogP contribution < -0.4 is 0 Å². The molecule has 0 bridgehead atoms. The van der Waals surface area contributed by atoms with E-state index in [0.29, 0.717) is 11.6 Å². The molecule has 3 aromatic heterocycles. The lowest BCUT2D eigenvalue weighted by atomic mass is 9.82. The quantitative estimate of drug-likeness (QED) is 0.170. The molecule has 0 saturated heterocycles.